The van der Waals surface area contributed by atoms with E-state index in [0.29, 0.717) is 6.79 Å². The molecular weight excluding hydrogens is 218 g/mol. The number of hydrogen-bond donors (Lipinski definition) is 1. The Bertz CT molecular complexity index is 362. The fraction of sp³-hybridized carbons (Fsp3) is 0.538. The molecule has 0 saturated carbocycles. The quantitative estimate of drug-likeness (QED) is 0.823. The summed E-state index contributed by atoms with van der Waals surface area (Å²) in [4.78, 5) is 0. The lowest BCUT2D eigenvalue weighted by Crippen LogP contribution is -2.29. The van der Waals surface area contributed by atoms with Gasteiger partial charge in [0.1, 0.15) is 11.9 Å². The summed E-state index contributed by atoms with van der Waals surface area (Å²) < 4.78 is 16.5. The van der Waals surface area contributed by atoms with Crippen LogP contribution in [0.25, 0.3) is 0 Å². The van der Waals surface area contributed by atoms with Crippen LogP contribution in [0.15, 0.2) is 18.2 Å². The van der Waals surface area contributed by atoms with E-state index in [-0.39, 0.29) is 6.10 Å². The Morgan fingerprint density at radius 3 is 2.94 bits per heavy atom. The zero-order valence-electron chi connectivity index (χ0n) is 10.4. The third-order valence-electron chi connectivity index (χ3n) is 2.69. The summed E-state index contributed by atoms with van der Waals surface area (Å²) >= 11 is 0. The van der Waals surface area contributed by atoms with Crippen molar-refractivity contribution in [3.05, 3.63) is 18.2 Å². The van der Waals surface area contributed by atoms with Crippen molar-refractivity contribution >= 4 is 0 Å². The number of fused-ring (bicyclic) bond motifs is 1. The van der Waals surface area contributed by atoms with Crippen molar-refractivity contribution in [1.82, 2.24) is 5.32 Å². The topological polar surface area (TPSA) is 39.7 Å². The highest BCUT2D eigenvalue weighted by molar-refractivity contribution is 5.46. The van der Waals surface area contributed by atoms with Crippen molar-refractivity contribution in [3.63, 3.8) is 0 Å². The van der Waals surface area contributed by atoms with Crippen LogP contribution in [-0.4, -0.2) is 26.5 Å². The van der Waals surface area contributed by atoms with E-state index in [1.807, 2.05) is 25.2 Å². The lowest BCUT2D eigenvalue weighted by atomic mass is 10.2. The van der Waals surface area contributed by atoms with E-state index in [1.54, 1.807) is 0 Å². The molecule has 17 heavy (non-hydrogen) atoms. The van der Waals surface area contributed by atoms with Gasteiger partial charge in [-0.15, -0.1) is 0 Å². The number of hydrogen-bond acceptors (Lipinski definition) is 4. The van der Waals surface area contributed by atoms with Gasteiger partial charge in [-0.25, -0.2) is 0 Å². The minimum absolute atomic E-state index is 0.199. The zero-order valence-corrected chi connectivity index (χ0v) is 10.4. The van der Waals surface area contributed by atoms with E-state index in [1.165, 1.54) is 0 Å². The van der Waals surface area contributed by atoms with Crippen LogP contribution in [0.2, 0.25) is 0 Å². The molecule has 94 valence electrons. The Labute approximate surface area is 102 Å². The van der Waals surface area contributed by atoms with E-state index in [2.05, 4.69) is 12.2 Å². The van der Waals surface area contributed by atoms with E-state index in [0.717, 1.165) is 36.6 Å². The summed E-state index contributed by atoms with van der Waals surface area (Å²) in [5, 5.41) is 3.14. The van der Waals surface area contributed by atoms with Gasteiger partial charge >= 0.3 is 0 Å². The van der Waals surface area contributed by atoms with E-state index < -0.39 is 0 Å². The second-order valence-corrected chi connectivity index (χ2v) is 4.10. The third-order valence-corrected chi connectivity index (χ3v) is 2.69. The minimum Gasteiger partial charge on any atom is -0.489 e. The summed E-state index contributed by atoms with van der Waals surface area (Å²) in [6.07, 6.45) is 2.34. The molecular formula is C13H19NO3. The highest BCUT2D eigenvalue weighted by atomic mass is 16.7. The zero-order chi connectivity index (χ0) is 12.1. The molecule has 1 N–H and O–H groups in total. The standard InChI is InChI=1S/C13H19NO3/c1-3-4-11(8-14-2)17-10-5-6-12-13(7-10)16-9-15-12/h5-7,11,14H,3-4,8-9H2,1-2H3. The van der Waals surface area contributed by atoms with Crippen molar-refractivity contribution < 1.29 is 14.2 Å². The van der Waals surface area contributed by atoms with E-state index in [9.17, 15) is 0 Å². The predicted octanol–water partition coefficient (Wildman–Crippen LogP) is 2.18. The average Bonchev–Trinajstić information content (AvgIpc) is 2.77. The second-order valence-electron chi connectivity index (χ2n) is 4.10. The summed E-state index contributed by atoms with van der Waals surface area (Å²) in [7, 11) is 1.94. The van der Waals surface area contributed by atoms with Crippen LogP contribution in [0.3, 0.4) is 0 Å². The van der Waals surface area contributed by atoms with E-state index in [4.69, 9.17) is 14.2 Å². The van der Waals surface area contributed by atoms with Crippen molar-refractivity contribution in [2.75, 3.05) is 20.4 Å². The fourth-order valence-corrected chi connectivity index (χ4v) is 1.89. The minimum atomic E-state index is 0.199. The molecule has 1 atom stereocenters. The highest BCUT2D eigenvalue weighted by Crippen LogP contribution is 2.35. The van der Waals surface area contributed by atoms with Gasteiger partial charge in [-0.05, 0) is 25.6 Å². The molecule has 0 spiro atoms. The first kappa shape index (κ1) is 12.0. The maximum absolute atomic E-state index is 5.92. The van der Waals surface area contributed by atoms with Gasteiger partial charge in [-0.1, -0.05) is 13.3 Å². The molecule has 2 rings (SSSR count). The van der Waals surface area contributed by atoms with Crippen LogP contribution in [0, 0.1) is 0 Å². The normalized spacial score (nSPS) is 14.7. The molecule has 1 aromatic rings. The average molecular weight is 237 g/mol. The number of likely N-dealkylation sites (N-methyl/N-ethyl adjacent to an activating group) is 1. The summed E-state index contributed by atoms with van der Waals surface area (Å²) in [5.74, 6) is 2.39. The predicted molar refractivity (Wildman–Crippen MR) is 65.8 cm³/mol. The number of nitrogens with one attached hydrogen (secondary N) is 1. The maximum Gasteiger partial charge on any atom is 0.231 e. The van der Waals surface area contributed by atoms with Crippen LogP contribution in [0.1, 0.15) is 19.8 Å². The van der Waals surface area contributed by atoms with Crippen LogP contribution in [0.4, 0.5) is 0 Å². The third kappa shape index (κ3) is 3.03. The molecule has 0 saturated heterocycles. The Balaban J connectivity index is 2.01. The highest BCUT2D eigenvalue weighted by Gasteiger charge is 2.15. The van der Waals surface area contributed by atoms with Gasteiger partial charge in [0.05, 0.1) is 0 Å². The van der Waals surface area contributed by atoms with Gasteiger partial charge in [0.2, 0.25) is 6.79 Å². The molecule has 1 heterocycles. The van der Waals surface area contributed by atoms with Crippen molar-refractivity contribution in [2.45, 2.75) is 25.9 Å². The first-order valence-corrected chi connectivity index (χ1v) is 6.04. The molecule has 1 unspecified atom stereocenters. The van der Waals surface area contributed by atoms with Crippen LogP contribution < -0.4 is 19.5 Å². The molecule has 0 radical (unpaired) electrons. The molecule has 1 aliphatic heterocycles. The Hall–Kier alpha value is -1.42. The lowest BCUT2D eigenvalue weighted by Gasteiger charge is -2.18. The Kier molecular flexibility index (Phi) is 4.09. The molecule has 0 aromatic heterocycles. The molecule has 4 nitrogen and oxygen atoms in total. The van der Waals surface area contributed by atoms with Gasteiger partial charge in [0.15, 0.2) is 11.5 Å². The molecule has 0 fully saturated rings. The van der Waals surface area contributed by atoms with E-state index >= 15 is 0 Å². The first-order valence-electron chi connectivity index (χ1n) is 6.04. The molecule has 4 heteroatoms. The van der Waals surface area contributed by atoms with Gasteiger partial charge < -0.3 is 19.5 Å². The first-order chi connectivity index (χ1) is 8.33. The fourth-order valence-electron chi connectivity index (χ4n) is 1.89. The summed E-state index contributed by atoms with van der Waals surface area (Å²) in [6, 6.07) is 5.70. The maximum atomic E-state index is 5.92. The van der Waals surface area contributed by atoms with Crippen LogP contribution in [-0.2, 0) is 0 Å². The molecule has 0 aliphatic carbocycles. The molecule has 0 amide bonds. The van der Waals surface area contributed by atoms with Gasteiger partial charge in [0.25, 0.3) is 0 Å². The Morgan fingerprint density at radius 1 is 1.35 bits per heavy atom. The lowest BCUT2D eigenvalue weighted by molar-refractivity contribution is 0.172. The molecule has 1 aliphatic rings. The van der Waals surface area contributed by atoms with Gasteiger partial charge in [0, 0.05) is 12.6 Å². The van der Waals surface area contributed by atoms with Crippen LogP contribution in [0.5, 0.6) is 17.2 Å². The Morgan fingerprint density at radius 2 is 2.18 bits per heavy atom. The van der Waals surface area contributed by atoms with Gasteiger partial charge in [-0.2, -0.15) is 0 Å². The number of benzene rings is 1. The van der Waals surface area contributed by atoms with Crippen molar-refractivity contribution in [3.8, 4) is 17.2 Å². The summed E-state index contributed by atoms with van der Waals surface area (Å²) in [5.41, 5.74) is 0. The largest absolute Gasteiger partial charge is 0.489 e. The molecule has 0 bridgehead atoms. The molecule has 1 aromatic carbocycles. The summed E-state index contributed by atoms with van der Waals surface area (Å²) in [6.45, 7) is 3.31. The van der Waals surface area contributed by atoms with Crippen molar-refractivity contribution in [1.29, 1.82) is 0 Å². The smallest absolute Gasteiger partial charge is 0.231 e. The SMILES string of the molecule is CCCC(CNC)Oc1ccc2c(c1)OCO2. The van der Waals surface area contributed by atoms with Crippen molar-refractivity contribution in [2.24, 2.45) is 0 Å². The second kappa shape index (κ2) is 5.77. The monoisotopic (exact) mass is 237 g/mol. The van der Waals surface area contributed by atoms with Crippen LogP contribution >= 0.6 is 0 Å². The number of rotatable bonds is 6. The number of ether oxygens (including phenoxy) is 3. The van der Waals surface area contributed by atoms with Gasteiger partial charge in [-0.3, -0.25) is 0 Å².